The largest absolute Gasteiger partial charge is 0.493 e. The Balaban J connectivity index is 1.62. The van der Waals surface area contributed by atoms with Gasteiger partial charge in [0.05, 0.1) is 20.8 Å². The molecule has 0 bridgehead atoms. The summed E-state index contributed by atoms with van der Waals surface area (Å²) < 4.78 is 16.3. The van der Waals surface area contributed by atoms with Gasteiger partial charge in [0.1, 0.15) is 0 Å². The fourth-order valence-corrected chi connectivity index (χ4v) is 3.26. The Bertz CT molecular complexity index is 626. The van der Waals surface area contributed by atoms with Gasteiger partial charge in [-0.05, 0) is 17.7 Å². The lowest BCUT2D eigenvalue weighted by molar-refractivity contribution is -0.678. The zero-order valence-corrected chi connectivity index (χ0v) is 13.6. The molecule has 0 spiro atoms. The number of aromatic nitrogens is 2. The number of hydrogen-bond acceptors (Lipinski definition) is 6. The summed E-state index contributed by atoms with van der Waals surface area (Å²) in [6.45, 7) is 1.14. The highest BCUT2D eigenvalue weighted by molar-refractivity contribution is 7.98. The molecule has 1 aliphatic rings. The van der Waals surface area contributed by atoms with Crippen molar-refractivity contribution in [3.8, 4) is 11.5 Å². The van der Waals surface area contributed by atoms with Crippen LogP contribution in [0.2, 0.25) is 0 Å². The normalized spacial score (nSPS) is 17.6. The first kappa shape index (κ1) is 15.2. The molecular weight excluding hydrogens is 302 g/mol. The summed E-state index contributed by atoms with van der Waals surface area (Å²) in [4.78, 5) is 0. The topological polar surface area (TPSA) is 74.0 Å². The van der Waals surface area contributed by atoms with Gasteiger partial charge < -0.3 is 19.2 Å². The number of thioether (sulfide) groups is 1. The highest BCUT2D eigenvalue weighted by Gasteiger charge is 2.26. The second-order valence-corrected chi connectivity index (χ2v) is 6.08. The first-order valence-corrected chi connectivity index (χ1v) is 8.29. The molecule has 2 N–H and O–H groups in total. The minimum atomic E-state index is 0.336. The zero-order valence-electron chi connectivity index (χ0n) is 12.7. The smallest absolute Gasteiger partial charge is 0.277 e. The second kappa shape index (κ2) is 7.02. The van der Waals surface area contributed by atoms with Crippen molar-refractivity contribution in [2.24, 2.45) is 0 Å². The van der Waals surface area contributed by atoms with Gasteiger partial charge in [-0.2, -0.15) is 0 Å². The molecular formula is C15H20N3O3S+. The predicted molar refractivity (Wildman–Crippen MR) is 82.2 cm³/mol. The van der Waals surface area contributed by atoms with Gasteiger partial charge in [-0.1, -0.05) is 17.8 Å². The molecule has 6 nitrogen and oxygen atoms in total. The van der Waals surface area contributed by atoms with Gasteiger partial charge in [0.25, 0.3) is 11.1 Å². The van der Waals surface area contributed by atoms with E-state index in [-0.39, 0.29) is 0 Å². The highest BCUT2D eigenvalue weighted by Crippen LogP contribution is 2.31. The molecule has 1 aliphatic heterocycles. The Morgan fingerprint density at radius 2 is 2.14 bits per heavy atom. The summed E-state index contributed by atoms with van der Waals surface area (Å²) >= 11 is 1.54. The molecule has 0 saturated carbocycles. The molecule has 1 saturated heterocycles. The number of ether oxygens (including phenoxy) is 2. The third kappa shape index (κ3) is 3.36. The van der Waals surface area contributed by atoms with E-state index in [0.29, 0.717) is 11.3 Å². The van der Waals surface area contributed by atoms with Crippen LogP contribution in [0.3, 0.4) is 0 Å². The van der Waals surface area contributed by atoms with E-state index >= 15 is 0 Å². The van der Waals surface area contributed by atoms with Crippen LogP contribution < -0.4 is 14.8 Å². The number of methoxy groups -OCH3 is 2. The van der Waals surface area contributed by atoms with Crippen LogP contribution in [0.15, 0.2) is 27.8 Å². The van der Waals surface area contributed by atoms with Crippen LogP contribution in [0.1, 0.15) is 30.3 Å². The molecule has 7 heteroatoms. The molecule has 3 rings (SSSR count). The molecule has 1 atom stereocenters. The van der Waals surface area contributed by atoms with Crippen LogP contribution in [0.5, 0.6) is 11.5 Å². The van der Waals surface area contributed by atoms with E-state index in [0.717, 1.165) is 41.7 Å². The number of rotatable bonds is 6. The van der Waals surface area contributed by atoms with Crippen LogP contribution in [0.25, 0.3) is 0 Å². The molecule has 0 amide bonds. The fourth-order valence-electron chi connectivity index (χ4n) is 2.54. The molecule has 0 aliphatic carbocycles. The zero-order chi connectivity index (χ0) is 15.4. The van der Waals surface area contributed by atoms with E-state index in [1.807, 2.05) is 18.2 Å². The first-order chi connectivity index (χ1) is 10.8. The van der Waals surface area contributed by atoms with Gasteiger partial charge in [0.2, 0.25) is 0 Å². The molecule has 1 aromatic carbocycles. The lowest BCUT2D eigenvalue weighted by atomic mass is 10.2. The monoisotopic (exact) mass is 322 g/mol. The van der Waals surface area contributed by atoms with E-state index < -0.39 is 0 Å². The van der Waals surface area contributed by atoms with Crippen molar-refractivity contribution in [3.63, 3.8) is 0 Å². The third-order valence-corrected chi connectivity index (χ3v) is 4.61. The van der Waals surface area contributed by atoms with E-state index in [1.54, 1.807) is 14.2 Å². The van der Waals surface area contributed by atoms with Gasteiger partial charge >= 0.3 is 0 Å². The average Bonchev–Trinajstić information content (AvgIpc) is 3.23. The summed E-state index contributed by atoms with van der Waals surface area (Å²) in [5.41, 5.74) is 1.12. The van der Waals surface area contributed by atoms with Crippen molar-refractivity contribution in [2.75, 3.05) is 20.8 Å². The van der Waals surface area contributed by atoms with Crippen molar-refractivity contribution in [1.29, 1.82) is 0 Å². The minimum absolute atomic E-state index is 0.336. The van der Waals surface area contributed by atoms with Gasteiger partial charge in [-0.3, -0.25) is 0 Å². The van der Waals surface area contributed by atoms with Gasteiger partial charge in [0.15, 0.2) is 17.5 Å². The lowest BCUT2D eigenvalue weighted by Crippen LogP contribution is -2.81. The van der Waals surface area contributed by atoms with Crippen LogP contribution in [0, 0.1) is 0 Å². The molecule has 2 heterocycles. The maximum atomic E-state index is 5.74. The van der Waals surface area contributed by atoms with Crippen molar-refractivity contribution in [2.45, 2.75) is 29.9 Å². The van der Waals surface area contributed by atoms with Crippen molar-refractivity contribution < 1.29 is 19.2 Å². The predicted octanol–water partition coefficient (Wildman–Crippen LogP) is 1.78. The van der Waals surface area contributed by atoms with Crippen LogP contribution >= 0.6 is 11.8 Å². The van der Waals surface area contributed by atoms with Gasteiger partial charge in [-0.25, -0.2) is 0 Å². The molecule has 2 aromatic rings. The summed E-state index contributed by atoms with van der Waals surface area (Å²) in [6, 6.07) is 6.22. The number of benzene rings is 1. The average molecular weight is 322 g/mol. The molecule has 0 radical (unpaired) electrons. The van der Waals surface area contributed by atoms with E-state index in [9.17, 15) is 0 Å². The Morgan fingerprint density at radius 1 is 1.27 bits per heavy atom. The number of quaternary nitrogens is 1. The molecule has 22 heavy (non-hydrogen) atoms. The molecule has 1 fully saturated rings. The van der Waals surface area contributed by atoms with Crippen LogP contribution in [-0.4, -0.2) is 31.0 Å². The second-order valence-electron chi connectivity index (χ2n) is 5.16. The maximum absolute atomic E-state index is 5.74. The Labute approximate surface area is 133 Å². The van der Waals surface area contributed by atoms with Crippen LogP contribution in [-0.2, 0) is 5.75 Å². The number of nitrogens with two attached hydrogens (primary N) is 1. The molecule has 118 valence electrons. The summed E-state index contributed by atoms with van der Waals surface area (Å²) in [6.07, 6.45) is 2.32. The quantitative estimate of drug-likeness (QED) is 0.817. The molecule has 0 unspecified atom stereocenters. The van der Waals surface area contributed by atoms with E-state index in [1.165, 1.54) is 18.2 Å². The standard InChI is InChI=1S/C15H19N3O3S/c1-19-12-6-5-10(8-13(12)20-2)9-22-15-18-17-14(21-15)11-4-3-7-16-11/h5-6,8,11,16H,3-4,7,9H2,1-2H3/p+1/t11-/m0/s1. The number of hydrogen-bond donors (Lipinski definition) is 1. The van der Waals surface area contributed by atoms with E-state index in [2.05, 4.69) is 15.5 Å². The maximum Gasteiger partial charge on any atom is 0.277 e. The Hall–Kier alpha value is -1.73. The van der Waals surface area contributed by atoms with Crippen molar-refractivity contribution in [1.82, 2.24) is 10.2 Å². The Kier molecular flexibility index (Phi) is 4.84. The summed E-state index contributed by atoms with van der Waals surface area (Å²) in [5.74, 6) is 2.95. The van der Waals surface area contributed by atoms with Crippen molar-refractivity contribution >= 4 is 11.8 Å². The Morgan fingerprint density at radius 3 is 2.86 bits per heavy atom. The van der Waals surface area contributed by atoms with Gasteiger partial charge in [0, 0.05) is 18.6 Å². The summed E-state index contributed by atoms with van der Waals surface area (Å²) in [7, 11) is 3.27. The number of nitrogens with zero attached hydrogens (tertiary/aromatic N) is 2. The third-order valence-electron chi connectivity index (χ3n) is 3.72. The van der Waals surface area contributed by atoms with E-state index in [4.69, 9.17) is 13.9 Å². The molecule has 1 aromatic heterocycles. The minimum Gasteiger partial charge on any atom is -0.493 e. The lowest BCUT2D eigenvalue weighted by Gasteiger charge is -2.08. The first-order valence-electron chi connectivity index (χ1n) is 7.30. The van der Waals surface area contributed by atoms with Crippen LogP contribution in [0.4, 0.5) is 0 Å². The van der Waals surface area contributed by atoms with Crippen molar-refractivity contribution in [3.05, 3.63) is 29.7 Å². The van der Waals surface area contributed by atoms with Gasteiger partial charge in [-0.15, -0.1) is 10.2 Å². The highest BCUT2D eigenvalue weighted by atomic mass is 32.2. The fraction of sp³-hybridized carbons (Fsp3) is 0.467. The SMILES string of the molecule is COc1ccc(CSc2nnc([C@@H]3CCC[NH2+]3)o2)cc1OC. The summed E-state index contributed by atoms with van der Waals surface area (Å²) in [5, 5.41) is 11.2.